The second kappa shape index (κ2) is 8.48. The van der Waals surface area contributed by atoms with Gasteiger partial charge in [0, 0.05) is 11.7 Å². The van der Waals surface area contributed by atoms with Crippen LogP contribution in [-0.2, 0) is 5.60 Å². The molecule has 1 saturated carbocycles. The lowest BCUT2D eigenvalue weighted by Crippen LogP contribution is -2.29. The van der Waals surface area contributed by atoms with Gasteiger partial charge < -0.3 is 19.7 Å². The number of hydrogen-bond donors (Lipinski definition) is 2. The number of aromatic nitrogens is 2. The Morgan fingerprint density at radius 2 is 1.76 bits per heavy atom. The van der Waals surface area contributed by atoms with Gasteiger partial charge in [0.1, 0.15) is 5.75 Å². The first-order chi connectivity index (χ1) is 15.7. The van der Waals surface area contributed by atoms with E-state index in [1.165, 1.54) is 12.1 Å². The van der Waals surface area contributed by atoms with Crippen molar-refractivity contribution in [2.45, 2.75) is 71.9 Å². The number of fused-ring (bicyclic) bond motifs is 1. The molecule has 1 aliphatic carbocycles. The first-order valence-corrected chi connectivity index (χ1v) is 11.6. The van der Waals surface area contributed by atoms with Crippen LogP contribution < -0.4 is 10.1 Å². The molecule has 184 valence electrons. The third-order valence-corrected chi connectivity index (χ3v) is 6.47. The summed E-state index contributed by atoms with van der Waals surface area (Å²) >= 11 is 0. The third-order valence-electron chi connectivity index (χ3n) is 6.47. The fraction of sp³-hybridized carbons (Fsp3) is 0.500. The van der Waals surface area contributed by atoms with Crippen LogP contribution in [0.2, 0.25) is 0 Å². The van der Waals surface area contributed by atoms with Gasteiger partial charge in [0.2, 0.25) is 5.95 Å². The second-order valence-electron chi connectivity index (χ2n) is 10.8. The molecular formula is C26H32F3N3O2. The summed E-state index contributed by atoms with van der Waals surface area (Å²) in [7, 11) is 0. The molecule has 0 radical (unpaired) electrons. The van der Waals surface area contributed by atoms with Crippen LogP contribution in [0.3, 0.4) is 0 Å². The topological polar surface area (TPSA) is 59.3 Å². The molecule has 1 unspecified atom stereocenters. The van der Waals surface area contributed by atoms with E-state index in [-0.39, 0.29) is 17.2 Å². The number of halogens is 3. The highest BCUT2D eigenvalue weighted by Gasteiger charge is 2.35. The average molecular weight is 476 g/mol. The largest absolute Gasteiger partial charge is 0.573 e. The Balaban J connectivity index is 1.74. The normalized spacial score (nSPS) is 21.0. The lowest BCUT2D eigenvalue weighted by Gasteiger charge is -2.40. The molecule has 1 heterocycles. The summed E-state index contributed by atoms with van der Waals surface area (Å²) in [5.74, 6) is 0.903. The predicted octanol–water partition coefficient (Wildman–Crippen LogP) is 7.29. The number of alkyl halides is 3. The number of ether oxygens (including phenoxy) is 1. The Bertz CT molecular complexity index is 1160. The van der Waals surface area contributed by atoms with Crippen LogP contribution in [-0.4, -0.2) is 21.0 Å². The van der Waals surface area contributed by atoms with Crippen molar-refractivity contribution in [2.75, 3.05) is 5.32 Å². The first kappa shape index (κ1) is 24.4. The number of nitrogens with one attached hydrogen (secondary N) is 1. The molecule has 1 aromatic heterocycles. The Kier molecular flexibility index (Phi) is 6.09. The highest BCUT2D eigenvalue weighted by atomic mass is 19.4. The van der Waals surface area contributed by atoms with Crippen molar-refractivity contribution in [3.8, 4) is 5.75 Å². The molecule has 4 rings (SSSR count). The van der Waals surface area contributed by atoms with Crippen LogP contribution in [0.1, 0.15) is 65.5 Å². The van der Waals surface area contributed by atoms with Crippen molar-refractivity contribution < 1.29 is 23.0 Å². The van der Waals surface area contributed by atoms with Gasteiger partial charge in [-0.3, -0.25) is 0 Å². The van der Waals surface area contributed by atoms with Crippen molar-refractivity contribution in [3.63, 3.8) is 0 Å². The summed E-state index contributed by atoms with van der Waals surface area (Å²) in [5.41, 5.74) is 2.28. The molecule has 1 fully saturated rings. The minimum Gasteiger partial charge on any atom is -0.406 e. The Morgan fingerprint density at radius 1 is 1.09 bits per heavy atom. The molecule has 1 aliphatic rings. The van der Waals surface area contributed by atoms with Crippen molar-refractivity contribution in [1.82, 2.24) is 9.55 Å². The van der Waals surface area contributed by atoms with E-state index in [4.69, 9.17) is 4.98 Å². The molecule has 2 atom stereocenters. The first-order valence-electron chi connectivity index (χ1n) is 11.6. The lowest BCUT2D eigenvalue weighted by molar-refractivity contribution is -0.274. The standard InChI is InChI=1S/C26H32F3N3O2/c1-16-12-19(15-24(2,3)14-16)32-22-11-6-17(25(4,5)33)13-21(22)31-23(32)30-18-7-9-20(10-8-18)34-26(27,28)29/h6-11,13,16,19,33H,12,14-15H2,1-5H3,(H,30,31)/t16?,19-/m1/s1. The monoisotopic (exact) mass is 475 g/mol. The number of nitrogens with zero attached hydrogens (tertiary/aromatic N) is 2. The van der Waals surface area contributed by atoms with Crippen LogP contribution >= 0.6 is 0 Å². The second-order valence-corrected chi connectivity index (χ2v) is 10.8. The SMILES string of the molecule is CC1C[C@@H](n2c(Nc3ccc(OC(F)(F)F)cc3)nc3cc(C(C)(C)O)ccc32)CC(C)(C)C1. The molecule has 0 aliphatic heterocycles. The predicted molar refractivity (Wildman–Crippen MR) is 127 cm³/mol. The molecule has 0 bridgehead atoms. The van der Waals surface area contributed by atoms with E-state index in [0.717, 1.165) is 35.9 Å². The molecule has 8 heteroatoms. The van der Waals surface area contributed by atoms with Crippen LogP contribution in [0.5, 0.6) is 5.75 Å². The van der Waals surface area contributed by atoms with Gasteiger partial charge in [0.05, 0.1) is 16.6 Å². The Labute approximate surface area is 198 Å². The zero-order valence-electron chi connectivity index (χ0n) is 20.2. The summed E-state index contributed by atoms with van der Waals surface area (Å²) in [6, 6.07) is 11.7. The van der Waals surface area contributed by atoms with Crippen LogP contribution in [0, 0.1) is 11.3 Å². The summed E-state index contributed by atoms with van der Waals surface area (Å²) in [5, 5.41) is 13.8. The van der Waals surface area contributed by atoms with E-state index in [2.05, 4.69) is 35.4 Å². The minimum absolute atomic E-state index is 0.180. The van der Waals surface area contributed by atoms with Gasteiger partial charge in [-0.15, -0.1) is 13.2 Å². The van der Waals surface area contributed by atoms with E-state index in [1.54, 1.807) is 26.0 Å². The van der Waals surface area contributed by atoms with Crippen molar-refractivity contribution in [2.24, 2.45) is 11.3 Å². The Morgan fingerprint density at radius 3 is 2.35 bits per heavy atom. The summed E-state index contributed by atoms with van der Waals surface area (Å²) in [6.07, 6.45) is -1.58. The van der Waals surface area contributed by atoms with Crippen LogP contribution in [0.4, 0.5) is 24.8 Å². The highest BCUT2D eigenvalue weighted by molar-refractivity contribution is 5.81. The van der Waals surface area contributed by atoms with E-state index >= 15 is 0 Å². The smallest absolute Gasteiger partial charge is 0.406 e. The van der Waals surface area contributed by atoms with Crippen molar-refractivity contribution >= 4 is 22.7 Å². The van der Waals surface area contributed by atoms with Gasteiger partial charge in [-0.2, -0.15) is 0 Å². The molecule has 0 spiro atoms. The van der Waals surface area contributed by atoms with Crippen molar-refractivity contribution in [3.05, 3.63) is 48.0 Å². The molecule has 3 aromatic rings. The number of imidazole rings is 1. The third kappa shape index (κ3) is 5.49. The quantitative estimate of drug-likeness (QED) is 0.407. The zero-order chi connectivity index (χ0) is 24.9. The maximum Gasteiger partial charge on any atom is 0.573 e. The zero-order valence-corrected chi connectivity index (χ0v) is 20.2. The van der Waals surface area contributed by atoms with Gasteiger partial charge in [-0.1, -0.05) is 26.8 Å². The molecule has 2 N–H and O–H groups in total. The van der Waals surface area contributed by atoms with E-state index < -0.39 is 12.0 Å². The molecule has 0 amide bonds. The maximum atomic E-state index is 12.5. The fourth-order valence-electron chi connectivity index (χ4n) is 5.30. The van der Waals surface area contributed by atoms with Crippen LogP contribution in [0.25, 0.3) is 11.0 Å². The number of aliphatic hydroxyl groups is 1. The number of rotatable bonds is 5. The molecule has 5 nitrogen and oxygen atoms in total. The van der Waals surface area contributed by atoms with E-state index in [0.29, 0.717) is 17.6 Å². The number of hydrogen-bond acceptors (Lipinski definition) is 4. The highest BCUT2D eigenvalue weighted by Crippen LogP contribution is 2.46. The lowest BCUT2D eigenvalue weighted by atomic mass is 9.70. The van der Waals surface area contributed by atoms with Gasteiger partial charge in [0.15, 0.2) is 0 Å². The minimum atomic E-state index is -4.73. The van der Waals surface area contributed by atoms with E-state index in [1.807, 2.05) is 18.2 Å². The summed E-state index contributed by atoms with van der Waals surface area (Å²) in [4.78, 5) is 4.84. The van der Waals surface area contributed by atoms with Gasteiger partial charge in [-0.25, -0.2) is 4.98 Å². The van der Waals surface area contributed by atoms with Gasteiger partial charge in [0.25, 0.3) is 0 Å². The molecule has 2 aromatic carbocycles. The van der Waals surface area contributed by atoms with Crippen LogP contribution in [0.15, 0.2) is 42.5 Å². The average Bonchev–Trinajstić information content (AvgIpc) is 3.03. The number of anilines is 2. The van der Waals surface area contributed by atoms with Gasteiger partial charge in [-0.05, 0) is 86.4 Å². The fourth-order valence-corrected chi connectivity index (χ4v) is 5.30. The molecule has 0 saturated heterocycles. The Hall–Kier alpha value is -2.74. The molecular weight excluding hydrogens is 443 g/mol. The molecule has 34 heavy (non-hydrogen) atoms. The summed E-state index contributed by atoms with van der Waals surface area (Å²) in [6.45, 7) is 10.3. The van der Waals surface area contributed by atoms with Gasteiger partial charge >= 0.3 is 6.36 Å². The van der Waals surface area contributed by atoms with E-state index in [9.17, 15) is 18.3 Å². The van der Waals surface area contributed by atoms with Crippen molar-refractivity contribution in [1.29, 1.82) is 0 Å². The number of benzene rings is 2. The maximum absolute atomic E-state index is 12.5. The summed E-state index contributed by atoms with van der Waals surface area (Å²) < 4.78 is 43.7.